The van der Waals surface area contributed by atoms with E-state index in [0.717, 1.165) is 6.42 Å². The normalized spacial score (nSPS) is 13.3. The lowest BCUT2D eigenvalue weighted by molar-refractivity contribution is -0.0915. The number of hydroxylamine groups is 2. The second kappa shape index (κ2) is 7.92. The maximum Gasteiger partial charge on any atom is 0.223 e. The monoisotopic (exact) mass is 229 g/mol. The first-order valence-corrected chi connectivity index (χ1v) is 5.48. The lowest BCUT2D eigenvalue weighted by atomic mass is 10.2. The molecule has 0 aliphatic carbocycles. The van der Waals surface area contributed by atoms with Gasteiger partial charge in [-0.05, 0) is 12.3 Å². The fourth-order valence-corrected chi connectivity index (χ4v) is 0.776. The number of hydrogen-bond donors (Lipinski definition) is 2. The molecular weight excluding hydrogens is 206 g/mol. The van der Waals surface area contributed by atoms with Crippen molar-refractivity contribution < 1.29 is 4.84 Å². The van der Waals surface area contributed by atoms with Gasteiger partial charge in [0.2, 0.25) is 11.9 Å². The number of guanidine groups is 2. The molecule has 16 heavy (non-hydrogen) atoms. The third-order valence-corrected chi connectivity index (χ3v) is 1.65. The molecule has 0 heterocycles. The zero-order chi connectivity index (χ0) is 12.6. The van der Waals surface area contributed by atoms with Gasteiger partial charge in [0.25, 0.3) is 0 Å². The fourth-order valence-electron chi connectivity index (χ4n) is 0.776. The Morgan fingerprint density at radius 1 is 1.38 bits per heavy atom. The average Bonchev–Trinajstić information content (AvgIpc) is 2.22. The van der Waals surface area contributed by atoms with E-state index in [2.05, 4.69) is 23.8 Å². The highest BCUT2D eigenvalue weighted by molar-refractivity contribution is 5.92. The SMILES string of the molecule is CCCN=C(N)N=C(N)N(C)OCC(C)C. The predicted octanol–water partition coefficient (Wildman–Crippen LogP) is 0.545. The van der Waals surface area contributed by atoms with Crippen molar-refractivity contribution in [2.75, 3.05) is 20.2 Å². The minimum Gasteiger partial charge on any atom is -0.368 e. The Balaban J connectivity index is 4.19. The van der Waals surface area contributed by atoms with Crippen LogP contribution in [0.2, 0.25) is 0 Å². The molecule has 94 valence electrons. The van der Waals surface area contributed by atoms with Gasteiger partial charge < -0.3 is 11.5 Å². The smallest absolute Gasteiger partial charge is 0.223 e. The van der Waals surface area contributed by atoms with Crippen molar-refractivity contribution in [3.05, 3.63) is 0 Å². The van der Waals surface area contributed by atoms with E-state index < -0.39 is 0 Å². The molecule has 4 N–H and O–H groups in total. The Morgan fingerprint density at radius 2 is 2.00 bits per heavy atom. The van der Waals surface area contributed by atoms with Crippen molar-refractivity contribution in [1.29, 1.82) is 0 Å². The quantitative estimate of drug-likeness (QED) is 0.409. The number of aliphatic imine (C=N–C) groups is 2. The molecule has 0 aliphatic heterocycles. The number of nitrogens with zero attached hydrogens (tertiary/aromatic N) is 3. The standard InChI is InChI=1S/C10H23N5O/c1-5-6-13-9(11)14-10(12)15(4)16-7-8(2)3/h8H,5-7H2,1-4H3,(H4,11,12,13,14). The second-order valence-electron chi connectivity index (χ2n) is 3.90. The Kier molecular flexibility index (Phi) is 7.28. The number of nitrogens with two attached hydrogens (primary N) is 2. The van der Waals surface area contributed by atoms with Crippen LogP contribution in [0.15, 0.2) is 9.98 Å². The van der Waals surface area contributed by atoms with Crippen molar-refractivity contribution in [3.63, 3.8) is 0 Å². The molecule has 0 radical (unpaired) electrons. The van der Waals surface area contributed by atoms with Gasteiger partial charge in [0.15, 0.2) is 0 Å². The van der Waals surface area contributed by atoms with Crippen LogP contribution in [0.25, 0.3) is 0 Å². The van der Waals surface area contributed by atoms with Gasteiger partial charge in [-0.25, -0.2) is 5.06 Å². The van der Waals surface area contributed by atoms with Crippen LogP contribution in [0.3, 0.4) is 0 Å². The molecule has 0 atom stereocenters. The van der Waals surface area contributed by atoms with Crippen LogP contribution in [0.5, 0.6) is 0 Å². The van der Waals surface area contributed by atoms with E-state index in [1.807, 2.05) is 6.92 Å². The summed E-state index contributed by atoms with van der Waals surface area (Å²) in [6, 6.07) is 0. The second-order valence-corrected chi connectivity index (χ2v) is 3.90. The third kappa shape index (κ3) is 7.05. The van der Waals surface area contributed by atoms with Crippen LogP contribution in [0.1, 0.15) is 27.2 Å². The summed E-state index contributed by atoms with van der Waals surface area (Å²) in [4.78, 5) is 13.3. The van der Waals surface area contributed by atoms with Crippen LogP contribution < -0.4 is 11.5 Å². The third-order valence-electron chi connectivity index (χ3n) is 1.65. The number of hydrogen-bond acceptors (Lipinski definition) is 2. The van der Waals surface area contributed by atoms with Crippen LogP contribution in [0, 0.1) is 5.92 Å². The predicted molar refractivity (Wildman–Crippen MR) is 67.0 cm³/mol. The van der Waals surface area contributed by atoms with Gasteiger partial charge in [-0.1, -0.05) is 20.8 Å². The maximum atomic E-state index is 5.67. The molecule has 0 aromatic carbocycles. The Hall–Kier alpha value is -1.30. The lowest BCUT2D eigenvalue weighted by Gasteiger charge is -2.18. The van der Waals surface area contributed by atoms with Crippen molar-refractivity contribution in [3.8, 4) is 0 Å². The molecule has 0 bridgehead atoms. The van der Waals surface area contributed by atoms with Gasteiger partial charge in [-0.3, -0.25) is 9.83 Å². The van der Waals surface area contributed by atoms with Crippen molar-refractivity contribution in [2.45, 2.75) is 27.2 Å². The van der Waals surface area contributed by atoms with E-state index in [0.29, 0.717) is 19.1 Å². The molecule has 6 heteroatoms. The highest BCUT2D eigenvalue weighted by Gasteiger charge is 2.04. The molecule has 0 aromatic heterocycles. The molecule has 0 saturated carbocycles. The van der Waals surface area contributed by atoms with Gasteiger partial charge in [-0.2, -0.15) is 4.99 Å². The highest BCUT2D eigenvalue weighted by Crippen LogP contribution is 1.95. The van der Waals surface area contributed by atoms with E-state index in [1.165, 1.54) is 5.06 Å². The van der Waals surface area contributed by atoms with Crippen LogP contribution in [0.4, 0.5) is 0 Å². The zero-order valence-electron chi connectivity index (χ0n) is 10.6. The summed E-state index contributed by atoms with van der Waals surface area (Å²) in [7, 11) is 1.69. The summed E-state index contributed by atoms with van der Waals surface area (Å²) in [6.45, 7) is 7.36. The maximum absolute atomic E-state index is 5.67. The molecule has 0 aliphatic rings. The van der Waals surface area contributed by atoms with Crippen LogP contribution in [-0.2, 0) is 4.84 Å². The van der Waals surface area contributed by atoms with Crippen LogP contribution in [-0.4, -0.2) is 37.2 Å². The van der Waals surface area contributed by atoms with Crippen molar-refractivity contribution >= 4 is 11.9 Å². The Labute approximate surface area is 97.3 Å². The molecule has 0 amide bonds. The van der Waals surface area contributed by atoms with E-state index in [-0.39, 0.29) is 11.9 Å². The lowest BCUT2D eigenvalue weighted by Crippen LogP contribution is -2.36. The average molecular weight is 229 g/mol. The number of rotatable bonds is 5. The van der Waals surface area contributed by atoms with Crippen molar-refractivity contribution in [2.24, 2.45) is 27.4 Å². The fraction of sp³-hybridized carbons (Fsp3) is 0.800. The van der Waals surface area contributed by atoms with Gasteiger partial charge in [0.1, 0.15) is 0 Å². The van der Waals surface area contributed by atoms with Crippen molar-refractivity contribution in [1.82, 2.24) is 5.06 Å². The summed E-state index contributed by atoms with van der Waals surface area (Å²) >= 11 is 0. The topological polar surface area (TPSA) is 89.2 Å². The molecule has 0 unspecified atom stereocenters. The summed E-state index contributed by atoms with van der Waals surface area (Å²) in [5.74, 6) is 0.818. The first-order valence-electron chi connectivity index (χ1n) is 5.48. The molecule has 0 rings (SSSR count). The summed E-state index contributed by atoms with van der Waals surface area (Å²) < 4.78 is 0. The molecular formula is C10H23N5O. The Bertz CT molecular complexity index is 250. The zero-order valence-corrected chi connectivity index (χ0v) is 10.6. The first-order chi connectivity index (χ1) is 7.47. The van der Waals surface area contributed by atoms with E-state index in [1.54, 1.807) is 7.05 Å². The molecule has 0 spiro atoms. The summed E-state index contributed by atoms with van der Waals surface area (Å²) in [6.07, 6.45) is 0.926. The minimum atomic E-state index is 0.180. The highest BCUT2D eigenvalue weighted by atomic mass is 16.7. The molecule has 0 saturated heterocycles. The van der Waals surface area contributed by atoms with Gasteiger partial charge in [0, 0.05) is 13.6 Å². The molecule has 6 nitrogen and oxygen atoms in total. The summed E-state index contributed by atoms with van der Waals surface area (Å²) in [5, 5.41) is 1.40. The van der Waals surface area contributed by atoms with Gasteiger partial charge >= 0.3 is 0 Å². The first kappa shape index (κ1) is 14.7. The van der Waals surface area contributed by atoms with Crippen LogP contribution >= 0.6 is 0 Å². The summed E-state index contributed by atoms with van der Waals surface area (Å²) in [5.41, 5.74) is 11.2. The largest absolute Gasteiger partial charge is 0.368 e. The Morgan fingerprint density at radius 3 is 2.50 bits per heavy atom. The minimum absolute atomic E-state index is 0.180. The molecule has 0 aromatic rings. The van der Waals surface area contributed by atoms with E-state index in [9.17, 15) is 0 Å². The van der Waals surface area contributed by atoms with E-state index >= 15 is 0 Å². The van der Waals surface area contributed by atoms with E-state index in [4.69, 9.17) is 16.3 Å². The molecule has 0 fully saturated rings. The van der Waals surface area contributed by atoms with Gasteiger partial charge in [0.05, 0.1) is 6.61 Å². The van der Waals surface area contributed by atoms with Gasteiger partial charge in [-0.15, -0.1) is 0 Å².